The Morgan fingerprint density at radius 1 is 0.786 bits per heavy atom. The van der Waals surface area contributed by atoms with E-state index in [9.17, 15) is 4.79 Å². The molecular formula is C25H42NO2+. The monoisotopic (exact) mass is 388 g/mol. The minimum atomic E-state index is -0.0610. The number of allylic oxidation sites excluding steroid dienone is 2. The fourth-order valence-corrected chi connectivity index (χ4v) is 3.26. The van der Waals surface area contributed by atoms with Crippen molar-refractivity contribution in [2.24, 2.45) is 0 Å². The van der Waals surface area contributed by atoms with Crippen LogP contribution in [-0.2, 0) is 16.1 Å². The molecular weight excluding hydrogens is 346 g/mol. The van der Waals surface area contributed by atoms with Crippen molar-refractivity contribution in [3.05, 3.63) is 42.7 Å². The minimum absolute atomic E-state index is 0.0610. The molecule has 3 heteroatoms. The van der Waals surface area contributed by atoms with Gasteiger partial charge in [0.1, 0.15) is 0 Å². The highest BCUT2D eigenvalue weighted by atomic mass is 16.5. The van der Waals surface area contributed by atoms with Crippen LogP contribution in [0.1, 0.15) is 96.8 Å². The van der Waals surface area contributed by atoms with Crippen LogP contribution in [0.3, 0.4) is 0 Å². The van der Waals surface area contributed by atoms with E-state index in [4.69, 9.17) is 4.74 Å². The van der Waals surface area contributed by atoms with Crippen LogP contribution in [0.4, 0.5) is 0 Å². The fraction of sp³-hybridized carbons (Fsp3) is 0.680. The number of carbonyl (C=O) groups excluding carboxylic acids is 1. The molecule has 0 aliphatic rings. The van der Waals surface area contributed by atoms with Gasteiger partial charge >= 0.3 is 5.97 Å². The molecule has 0 amide bonds. The standard InChI is InChI=1S/C25H42NO2/c1-2-3-4-5-6-7-8-9-10-11-12-13-14-15-17-20-25(27)28-24-23-26-21-18-16-19-22-26/h9-10,16,18-19,21-22H,2-8,11-15,17,20,23-24H2,1H3/q+1/b10-9+. The summed E-state index contributed by atoms with van der Waals surface area (Å²) in [5.41, 5.74) is 0. The molecule has 0 aliphatic heterocycles. The van der Waals surface area contributed by atoms with Crippen LogP contribution >= 0.6 is 0 Å². The molecule has 1 rings (SSSR count). The number of aromatic nitrogens is 1. The van der Waals surface area contributed by atoms with Gasteiger partial charge < -0.3 is 4.74 Å². The number of ether oxygens (including phenoxy) is 1. The molecule has 0 N–H and O–H groups in total. The van der Waals surface area contributed by atoms with Crippen LogP contribution in [0.25, 0.3) is 0 Å². The molecule has 3 nitrogen and oxygen atoms in total. The number of hydrogen-bond acceptors (Lipinski definition) is 2. The largest absolute Gasteiger partial charge is 0.459 e. The highest BCUT2D eigenvalue weighted by molar-refractivity contribution is 5.69. The van der Waals surface area contributed by atoms with Crippen LogP contribution in [0.15, 0.2) is 42.7 Å². The van der Waals surface area contributed by atoms with Crippen LogP contribution in [0.5, 0.6) is 0 Å². The topological polar surface area (TPSA) is 30.2 Å². The summed E-state index contributed by atoms with van der Waals surface area (Å²) in [4.78, 5) is 11.7. The lowest BCUT2D eigenvalue weighted by Gasteiger charge is -2.03. The van der Waals surface area contributed by atoms with Crippen molar-refractivity contribution in [3.63, 3.8) is 0 Å². The van der Waals surface area contributed by atoms with E-state index in [1.807, 2.05) is 35.2 Å². The quantitative estimate of drug-likeness (QED) is 0.123. The summed E-state index contributed by atoms with van der Waals surface area (Å²) in [6.07, 6.45) is 25.8. The highest BCUT2D eigenvalue weighted by Gasteiger charge is 2.04. The average molecular weight is 389 g/mol. The summed E-state index contributed by atoms with van der Waals surface area (Å²) in [5, 5.41) is 0. The van der Waals surface area contributed by atoms with Crippen molar-refractivity contribution >= 4 is 5.97 Å². The van der Waals surface area contributed by atoms with Gasteiger partial charge in [0.25, 0.3) is 0 Å². The first-order chi connectivity index (χ1) is 13.8. The van der Waals surface area contributed by atoms with Crippen LogP contribution in [-0.4, -0.2) is 12.6 Å². The number of carbonyl (C=O) groups is 1. The normalized spacial score (nSPS) is 11.2. The first-order valence-corrected chi connectivity index (χ1v) is 11.6. The van der Waals surface area contributed by atoms with E-state index in [1.54, 1.807) is 0 Å². The number of hydrogen-bond donors (Lipinski definition) is 0. The van der Waals surface area contributed by atoms with Gasteiger partial charge in [0.2, 0.25) is 0 Å². The van der Waals surface area contributed by atoms with E-state index >= 15 is 0 Å². The van der Waals surface area contributed by atoms with E-state index in [0.717, 1.165) is 19.4 Å². The Hall–Kier alpha value is -1.64. The van der Waals surface area contributed by atoms with Gasteiger partial charge in [0, 0.05) is 18.6 Å². The number of nitrogens with zero attached hydrogens (tertiary/aromatic N) is 1. The Labute approximate surface area is 173 Å². The highest BCUT2D eigenvalue weighted by Crippen LogP contribution is 2.10. The van der Waals surface area contributed by atoms with E-state index < -0.39 is 0 Å². The van der Waals surface area contributed by atoms with Gasteiger partial charge in [-0.25, -0.2) is 4.57 Å². The average Bonchev–Trinajstić information content (AvgIpc) is 2.71. The number of rotatable bonds is 18. The molecule has 0 saturated carbocycles. The predicted octanol–water partition coefficient (Wildman–Crippen LogP) is 6.55. The van der Waals surface area contributed by atoms with Gasteiger partial charge in [0.15, 0.2) is 25.5 Å². The van der Waals surface area contributed by atoms with Crippen molar-refractivity contribution in [3.8, 4) is 0 Å². The Kier molecular flexibility index (Phi) is 16.3. The van der Waals surface area contributed by atoms with E-state index in [-0.39, 0.29) is 5.97 Å². The van der Waals surface area contributed by atoms with Crippen LogP contribution < -0.4 is 4.57 Å². The molecule has 28 heavy (non-hydrogen) atoms. The van der Waals surface area contributed by atoms with Gasteiger partial charge in [-0.15, -0.1) is 0 Å². The first kappa shape index (κ1) is 24.4. The lowest BCUT2D eigenvalue weighted by atomic mass is 10.1. The molecule has 0 fully saturated rings. The van der Waals surface area contributed by atoms with Gasteiger partial charge in [0.05, 0.1) is 0 Å². The second-order valence-corrected chi connectivity index (χ2v) is 7.67. The number of pyridine rings is 1. The third-order valence-corrected chi connectivity index (χ3v) is 5.03. The van der Waals surface area contributed by atoms with E-state index in [0.29, 0.717) is 13.0 Å². The van der Waals surface area contributed by atoms with Crippen molar-refractivity contribution in [1.29, 1.82) is 0 Å². The third-order valence-electron chi connectivity index (χ3n) is 5.03. The molecule has 1 heterocycles. The molecule has 0 spiro atoms. The third kappa shape index (κ3) is 15.4. The Balaban J connectivity index is 1.81. The summed E-state index contributed by atoms with van der Waals surface area (Å²) in [7, 11) is 0. The molecule has 158 valence electrons. The van der Waals surface area contributed by atoms with Gasteiger partial charge in [-0.3, -0.25) is 4.79 Å². The molecule has 0 atom stereocenters. The zero-order valence-corrected chi connectivity index (χ0v) is 18.1. The maximum Gasteiger partial charge on any atom is 0.306 e. The first-order valence-electron chi connectivity index (χ1n) is 11.6. The van der Waals surface area contributed by atoms with Crippen molar-refractivity contribution in [2.45, 2.75) is 103 Å². The predicted molar refractivity (Wildman–Crippen MR) is 117 cm³/mol. The van der Waals surface area contributed by atoms with Gasteiger partial charge in [-0.05, 0) is 32.1 Å². The van der Waals surface area contributed by atoms with E-state index in [2.05, 4.69) is 19.1 Å². The Morgan fingerprint density at radius 3 is 2.00 bits per heavy atom. The molecule has 0 bridgehead atoms. The molecule has 0 aromatic carbocycles. The van der Waals surface area contributed by atoms with Crippen molar-refractivity contribution in [1.82, 2.24) is 0 Å². The van der Waals surface area contributed by atoms with Crippen molar-refractivity contribution in [2.75, 3.05) is 6.61 Å². The molecule has 1 aromatic heterocycles. The maximum absolute atomic E-state index is 11.7. The fourth-order valence-electron chi connectivity index (χ4n) is 3.26. The summed E-state index contributed by atoms with van der Waals surface area (Å²) >= 11 is 0. The lowest BCUT2D eigenvalue weighted by molar-refractivity contribution is -0.697. The molecule has 1 aromatic rings. The van der Waals surface area contributed by atoms with Crippen LogP contribution in [0, 0.1) is 0 Å². The van der Waals surface area contributed by atoms with Crippen LogP contribution in [0.2, 0.25) is 0 Å². The lowest BCUT2D eigenvalue weighted by Crippen LogP contribution is -2.35. The second-order valence-electron chi connectivity index (χ2n) is 7.67. The second kappa shape index (κ2) is 18.7. The van der Waals surface area contributed by atoms with Gasteiger partial charge in [-0.1, -0.05) is 76.5 Å². The molecule has 0 saturated heterocycles. The Morgan fingerprint density at radius 2 is 1.36 bits per heavy atom. The molecule has 0 aliphatic carbocycles. The Bertz CT molecular complexity index is 499. The molecule has 0 radical (unpaired) electrons. The zero-order chi connectivity index (χ0) is 20.1. The number of esters is 1. The summed E-state index contributed by atoms with van der Waals surface area (Å²) in [5.74, 6) is -0.0610. The van der Waals surface area contributed by atoms with E-state index in [1.165, 1.54) is 70.6 Å². The minimum Gasteiger partial charge on any atom is -0.459 e. The van der Waals surface area contributed by atoms with Gasteiger partial charge in [-0.2, -0.15) is 0 Å². The SMILES string of the molecule is CCCCCCCC/C=C/CCCCCCCC(=O)OCC[n+]1ccccc1. The maximum atomic E-state index is 11.7. The zero-order valence-electron chi connectivity index (χ0n) is 18.1. The number of unbranched alkanes of at least 4 members (excludes halogenated alkanes) is 11. The van der Waals surface area contributed by atoms with Crippen molar-refractivity contribution < 1.29 is 14.1 Å². The summed E-state index contributed by atoms with van der Waals surface area (Å²) in [6, 6.07) is 5.94. The smallest absolute Gasteiger partial charge is 0.306 e. The molecule has 0 unspecified atom stereocenters. The summed E-state index contributed by atoms with van der Waals surface area (Å²) < 4.78 is 7.32. The summed E-state index contributed by atoms with van der Waals surface area (Å²) in [6.45, 7) is 3.45.